The molecule has 0 heterocycles. The number of hydrogen-bond donors (Lipinski definition) is 1. The first kappa shape index (κ1) is 56.6. The molecule has 9 nitrogen and oxygen atoms in total. The van der Waals surface area contributed by atoms with Crippen molar-refractivity contribution in [1.82, 2.24) is 15.1 Å². The van der Waals surface area contributed by atoms with Gasteiger partial charge in [-0.25, -0.2) is 0 Å². The van der Waals surface area contributed by atoms with Crippen molar-refractivity contribution < 1.29 is 28.7 Å². The molecule has 2 atom stereocenters. The molecule has 0 saturated heterocycles. The summed E-state index contributed by atoms with van der Waals surface area (Å²) >= 11 is 0. The van der Waals surface area contributed by atoms with E-state index in [4.69, 9.17) is 9.47 Å². The Morgan fingerprint density at radius 3 is 1.76 bits per heavy atom. The zero-order valence-corrected chi connectivity index (χ0v) is 39.6. The average molecular weight is 834 g/mol. The topological polar surface area (TPSA) is 105 Å². The fraction of sp³-hybridized carbons (Fsp3) is 0.880. The Labute approximate surface area is 364 Å². The Morgan fingerprint density at radius 2 is 1.08 bits per heavy atom. The smallest absolute Gasteiger partial charge is 0.305 e. The number of allylic oxidation sites excluding steroid dienone is 2. The summed E-state index contributed by atoms with van der Waals surface area (Å²) in [4.78, 5) is 57.0. The van der Waals surface area contributed by atoms with E-state index in [2.05, 4.69) is 63.9 Å². The third-order valence-electron chi connectivity index (χ3n) is 11.6. The van der Waals surface area contributed by atoms with Crippen molar-refractivity contribution in [1.29, 1.82) is 0 Å². The van der Waals surface area contributed by atoms with Gasteiger partial charge in [-0.15, -0.1) is 0 Å². The van der Waals surface area contributed by atoms with Crippen molar-refractivity contribution in [3.8, 4) is 0 Å². The van der Waals surface area contributed by atoms with Gasteiger partial charge in [0.15, 0.2) is 0 Å². The average Bonchev–Trinajstić information content (AvgIpc) is 3.23. The van der Waals surface area contributed by atoms with E-state index < -0.39 is 6.04 Å². The second-order valence-corrected chi connectivity index (χ2v) is 16.9. The van der Waals surface area contributed by atoms with Crippen LogP contribution in [-0.4, -0.2) is 85.5 Å². The van der Waals surface area contributed by atoms with E-state index in [1.165, 1.54) is 64.2 Å². The number of carbonyl (C=O) groups is 4. The van der Waals surface area contributed by atoms with Crippen LogP contribution >= 0.6 is 0 Å². The SMILES string of the molecule is CCC/C=C\CCCOC(=O)CCCN(C(=O)CCN(CC)CC)C(CCCCCCCCC(=O)OCC(CCCC)CCCCCC)C(=O)NCCCCCCCC. The summed E-state index contributed by atoms with van der Waals surface area (Å²) in [5, 5.41) is 3.19. The van der Waals surface area contributed by atoms with Crippen molar-refractivity contribution >= 4 is 23.8 Å². The number of nitrogens with one attached hydrogen (secondary N) is 1. The molecule has 59 heavy (non-hydrogen) atoms. The van der Waals surface area contributed by atoms with Crippen LogP contribution in [0.1, 0.15) is 228 Å². The third kappa shape index (κ3) is 33.9. The lowest BCUT2D eigenvalue weighted by Crippen LogP contribution is -2.50. The van der Waals surface area contributed by atoms with Gasteiger partial charge in [-0.1, -0.05) is 163 Å². The number of esters is 2. The van der Waals surface area contributed by atoms with E-state index in [1.807, 2.05) is 0 Å². The highest BCUT2D eigenvalue weighted by molar-refractivity contribution is 5.87. The van der Waals surface area contributed by atoms with Crippen molar-refractivity contribution in [2.45, 2.75) is 234 Å². The number of rotatable bonds is 43. The van der Waals surface area contributed by atoms with Crippen LogP contribution in [0.15, 0.2) is 12.2 Å². The summed E-state index contributed by atoms with van der Waals surface area (Å²) in [6.45, 7) is 17.3. The van der Waals surface area contributed by atoms with Crippen molar-refractivity contribution in [2.24, 2.45) is 5.92 Å². The van der Waals surface area contributed by atoms with Crippen LogP contribution in [0.3, 0.4) is 0 Å². The summed E-state index contributed by atoms with van der Waals surface area (Å²) in [7, 11) is 0. The number of nitrogens with zero attached hydrogens (tertiary/aromatic N) is 2. The molecule has 0 bridgehead atoms. The monoisotopic (exact) mass is 834 g/mol. The van der Waals surface area contributed by atoms with Crippen molar-refractivity contribution in [3.63, 3.8) is 0 Å². The summed E-state index contributed by atoms with van der Waals surface area (Å²) < 4.78 is 11.2. The predicted molar refractivity (Wildman–Crippen MR) is 247 cm³/mol. The maximum atomic E-state index is 13.9. The largest absolute Gasteiger partial charge is 0.466 e. The van der Waals surface area contributed by atoms with E-state index in [9.17, 15) is 19.2 Å². The van der Waals surface area contributed by atoms with Gasteiger partial charge in [-0.2, -0.15) is 0 Å². The Balaban J connectivity index is 5.26. The van der Waals surface area contributed by atoms with Crippen molar-refractivity contribution in [2.75, 3.05) is 45.9 Å². The molecule has 0 spiro atoms. The normalized spacial score (nSPS) is 12.5. The van der Waals surface area contributed by atoms with Gasteiger partial charge in [0.2, 0.25) is 11.8 Å². The van der Waals surface area contributed by atoms with Gasteiger partial charge in [-0.05, 0) is 76.8 Å². The maximum absolute atomic E-state index is 13.9. The van der Waals surface area contributed by atoms with E-state index in [-0.39, 0.29) is 30.2 Å². The minimum Gasteiger partial charge on any atom is -0.466 e. The molecular formula is C50H95N3O6. The fourth-order valence-corrected chi connectivity index (χ4v) is 7.57. The number of carbonyl (C=O) groups excluding carboxylic acids is 4. The molecular weight excluding hydrogens is 739 g/mol. The van der Waals surface area contributed by atoms with E-state index in [0.29, 0.717) is 64.4 Å². The zero-order valence-electron chi connectivity index (χ0n) is 39.6. The van der Waals surface area contributed by atoms with Gasteiger partial charge in [0.25, 0.3) is 0 Å². The minimum atomic E-state index is -0.562. The van der Waals surface area contributed by atoms with Gasteiger partial charge in [0.1, 0.15) is 6.04 Å². The summed E-state index contributed by atoms with van der Waals surface area (Å²) in [5.74, 6) is 0.0716. The van der Waals surface area contributed by atoms with Crippen LogP contribution < -0.4 is 5.32 Å². The second-order valence-electron chi connectivity index (χ2n) is 16.9. The van der Waals surface area contributed by atoms with Crippen LogP contribution in [0.2, 0.25) is 0 Å². The molecule has 0 aliphatic rings. The Kier molecular flexibility index (Phi) is 40.5. The third-order valence-corrected chi connectivity index (χ3v) is 11.6. The standard InChI is InChI=1S/C50H95N3O6/c1-7-13-17-20-26-31-40-51-50(57)46(36-29-24-22-23-25-30-37-49(56)59-44-45(34-16-10-4)35-28-19-15-9-3)53(47(54)39-42-52(11-5)12-6)41-33-38-48(55)58-43-32-27-21-18-14-8-2/h18,21,45-46H,7-17,19-20,22-44H2,1-6H3,(H,51,57)/b21-18-. The fourth-order valence-electron chi connectivity index (χ4n) is 7.57. The lowest BCUT2D eigenvalue weighted by molar-refractivity contribution is -0.146. The highest BCUT2D eigenvalue weighted by Gasteiger charge is 2.29. The number of hydrogen-bond acceptors (Lipinski definition) is 7. The molecule has 0 radical (unpaired) electrons. The van der Waals surface area contributed by atoms with Crippen LogP contribution in [0.4, 0.5) is 0 Å². The number of ether oxygens (including phenoxy) is 2. The molecule has 0 fully saturated rings. The summed E-state index contributed by atoms with van der Waals surface area (Å²) in [5.41, 5.74) is 0. The van der Waals surface area contributed by atoms with Crippen LogP contribution in [0.25, 0.3) is 0 Å². The number of amides is 2. The molecule has 2 unspecified atom stereocenters. The molecule has 346 valence electrons. The first-order valence-electron chi connectivity index (χ1n) is 25.0. The summed E-state index contributed by atoms with van der Waals surface area (Å²) in [6, 6.07) is -0.562. The highest BCUT2D eigenvalue weighted by Crippen LogP contribution is 2.20. The van der Waals surface area contributed by atoms with Crippen LogP contribution in [-0.2, 0) is 28.7 Å². The van der Waals surface area contributed by atoms with Crippen LogP contribution in [0, 0.1) is 5.92 Å². The van der Waals surface area contributed by atoms with Gasteiger partial charge in [0, 0.05) is 38.9 Å². The Bertz CT molecular complexity index is 1030. The molecule has 0 aromatic rings. The molecule has 0 saturated carbocycles. The molecule has 0 aliphatic heterocycles. The van der Waals surface area contributed by atoms with E-state index in [0.717, 1.165) is 103 Å². The van der Waals surface area contributed by atoms with Gasteiger partial charge in [0.05, 0.1) is 13.2 Å². The quantitative estimate of drug-likeness (QED) is 0.0370. The zero-order chi connectivity index (χ0) is 43.6. The predicted octanol–water partition coefficient (Wildman–Crippen LogP) is 12.3. The molecule has 9 heteroatoms. The maximum Gasteiger partial charge on any atom is 0.305 e. The highest BCUT2D eigenvalue weighted by atomic mass is 16.5. The first-order chi connectivity index (χ1) is 28.8. The van der Waals surface area contributed by atoms with E-state index >= 15 is 0 Å². The van der Waals surface area contributed by atoms with Crippen molar-refractivity contribution in [3.05, 3.63) is 12.2 Å². The van der Waals surface area contributed by atoms with Gasteiger partial charge >= 0.3 is 11.9 Å². The van der Waals surface area contributed by atoms with Gasteiger partial charge in [-0.3, -0.25) is 19.2 Å². The van der Waals surface area contributed by atoms with Gasteiger partial charge < -0.3 is 24.6 Å². The molecule has 0 aromatic heterocycles. The molecule has 0 aromatic carbocycles. The van der Waals surface area contributed by atoms with E-state index in [1.54, 1.807) is 4.90 Å². The molecule has 0 rings (SSSR count). The Hall–Kier alpha value is -2.42. The summed E-state index contributed by atoms with van der Waals surface area (Å²) in [6.07, 6.45) is 32.6. The molecule has 1 N–H and O–H groups in total. The number of unbranched alkanes of at least 4 members (excludes halogenated alkanes) is 16. The minimum absolute atomic E-state index is 0.0242. The second kappa shape index (κ2) is 42.3. The Morgan fingerprint density at radius 1 is 0.525 bits per heavy atom. The lowest BCUT2D eigenvalue weighted by Gasteiger charge is -2.32. The molecule has 0 aliphatic carbocycles. The molecule has 2 amide bonds. The lowest BCUT2D eigenvalue weighted by atomic mass is 9.96. The first-order valence-corrected chi connectivity index (χ1v) is 25.0. The van der Waals surface area contributed by atoms with Crippen LogP contribution in [0.5, 0.6) is 0 Å².